The molecular weight excluding hydrogens is 366 g/mol. The third kappa shape index (κ3) is 4.93. The van der Waals surface area contributed by atoms with Crippen molar-refractivity contribution < 1.29 is 9.53 Å². The minimum absolute atomic E-state index is 0.153. The maximum Gasteiger partial charge on any atom is 0.255 e. The number of carbonyl (C=O) groups excluding carboxylic acids is 1. The molecule has 0 aliphatic carbocycles. The molecule has 0 spiro atoms. The Labute approximate surface area is 171 Å². The Bertz CT molecular complexity index is 1000. The molecule has 0 unspecified atom stereocenters. The van der Waals surface area contributed by atoms with Crippen LogP contribution in [0, 0.1) is 6.92 Å². The molecule has 0 fully saturated rings. The maximum atomic E-state index is 12.9. The van der Waals surface area contributed by atoms with E-state index in [4.69, 9.17) is 4.74 Å². The lowest BCUT2D eigenvalue weighted by Gasteiger charge is -2.15. The van der Waals surface area contributed by atoms with Gasteiger partial charge >= 0.3 is 0 Å². The highest BCUT2D eigenvalue weighted by Gasteiger charge is 2.16. The van der Waals surface area contributed by atoms with Crippen LogP contribution in [0.3, 0.4) is 0 Å². The van der Waals surface area contributed by atoms with Crippen LogP contribution in [0.4, 0.5) is 11.6 Å². The molecule has 0 aliphatic rings. The molecule has 0 radical (unpaired) electrons. The maximum absolute atomic E-state index is 12.9. The first-order valence-electron chi connectivity index (χ1n) is 9.69. The summed E-state index contributed by atoms with van der Waals surface area (Å²) in [5, 5.41) is 8.10. The Kier molecular flexibility index (Phi) is 6.49. The van der Waals surface area contributed by atoms with Crippen LogP contribution in [0.2, 0.25) is 0 Å². The highest BCUT2D eigenvalue weighted by atomic mass is 16.5. The zero-order chi connectivity index (χ0) is 20.8. The van der Waals surface area contributed by atoms with E-state index >= 15 is 0 Å². The fourth-order valence-corrected chi connectivity index (χ4v) is 3.09. The Morgan fingerprint density at radius 1 is 1.10 bits per heavy atom. The van der Waals surface area contributed by atoms with Crippen LogP contribution in [-0.2, 0) is 0 Å². The molecule has 1 heterocycles. The summed E-state index contributed by atoms with van der Waals surface area (Å²) in [5.74, 6) is 2.70. The molecular formula is C22H27N5O2. The fourth-order valence-electron chi connectivity index (χ4n) is 3.09. The molecule has 2 aromatic carbocycles. The zero-order valence-corrected chi connectivity index (χ0v) is 17.3. The van der Waals surface area contributed by atoms with Crippen molar-refractivity contribution in [3.63, 3.8) is 0 Å². The number of amides is 1. The minimum atomic E-state index is -0.153. The molecule has 2 N–H and O–H groups in total. The third-order valence-electron chi connectivity index (χ3n) is 4.42. The number of benzene rings is 2. The number of hydrogen-bond donors (Lipinski definition) is 2. The predicted octanol–water partition coefficient (Wildman–Crippen LogP) is 3.24. The number of nitrogens with one attached hydrogen (secondary N) is 2. The normalized spacial score (nSPS) is 10.6. The van der Waals surface area contributed by atoms with E-state index < -0.39 is 0 Å². The van der Waals surface area contributed by atoms with Gasteiger partial charge in [-0.2, -0.15) is 0 Å². The van der Waals surface area contributed by atoms with Gasteiger partial charge in [-0.1, -0.05) is 30.3 Å². The lowest BCUT2D eigenvalue weighted by atomic mass is 10.0. The van der Waals surface area contributed by atoms with E-state index in [0.29, 0.717) is 36.8 Å². The van der Waals surface area contributed by atoms with E-state index in [2.05, 4.69) is 20.6 Å². The molecule has 1 aromatic heterocycles. The van der Waals surface area contributed by atoms with Gasteiger partial charge in [0.1, 0.15) is 23.2 Å². The molecule has 0 atom stereocenters. The van der Waals surface area contributed by atoms with E-state index in [9.17, 15) is 4.79 Å². The second-order valence-corrected chi connectivity index (χ2v) is 6.83. The summed E-state index contributed by atoms with van der Waals surface area (Å²) in [5.41, 5.74) is 0.567. The van der Waals surface area contributed by atoms with Gasteiger partial charge in [-0.05, 0) is 30.7 Å². The second kappa shape index (κ2) is 9.23. The van der Waals surface area contributed by atoms with E-state index in [-0.39, 0.29) is 5.91 Å². The molecule has 152 valence electrons. The molecule has 0 bridgehead atoms. The summed E-state index contributed by atoms with van der Waals surface area (Å²) in [6.45, 7) is 5.27. The van der Waals surface area contributed by atoms with Gasteiger partial charge in [0, 0.05) is 33.3 Å². The largest absolute Gasteiger partial charge is 0.493 e. The van der Waals surface area contributed by atoms with Crippen molar-refractivity contribution in [3.8, 4) is 5.75 Å². The van der Waals surface area contributed by atoms with Gasteiger partial charge in [0.25, 0.3) is 5.91 Å². The Morgan fingerprint density at radius 2 is 1.90 bits per heavy atom. The monoisotopic (exact) mass is 393 g/mol. The highest BCUT2D eigenvalue weighted by Crippen LogP contribution is 2.28. The van der Waals surface area contributed by atoms with Gasteiger partial charge in [-0.15, -0.1) is 0 Å². The summed E-state index contributed by atoms with van der Waals surface area (Å²) in [4.78, 5) is 23.6. The van der Waals surface area contributed by atoms with Crippen molar-refractivity contribution in [3.05, 3.63) is 53.9 Å². The summed E-state index contributed by atoms with van der Waals surface area (Å²) < 4.78 is 5.69. The summed E-state index contributed by atoms with van der Waals surface area (Å²) in [7, 11) is 3.87. The molecule has 3 aromatic rings. The van der Waals surface area contributed by atoms with Crippen molar-refractivity contribution >= 4 is 28.3 Å². The van der Waals surface area contributed by atoms with Crippen LogP contribution in [0.25, 0.3) is 10.8 Å². The van der Waals surface area contributed by atoms with E-state index in [1.807, 2.05) is 75.3 Å². The van der Waals surface area contributed by atoms with Gasteiger partial charge in [0.2, 0.25) is 0 Å². The fraction of sp³-hybridized carbons (Fsp3) is 0.318. The molecule has 29 heavy (non-hydrogen) atoms. The van der Waals surface area contributed by atoms with Crippen LogP contribution in [0.5, 0.6) is 5.75 Å². The lowest BCUT2D eigenvalue weighted by Crippen LogP contribution is -2.29. The molecule has 0 saturated heterocycles. The Hall–Kier alpha value is -3.35. The second-order valence-electron chi connectivity index (χ2n) is 6.83. The Balaban J connectivity index is 1.68. The van der Waals surface area contributed by atoms with Crippen molar-refractivity contribution in [2.45, 2.75) is 13.8 Å². The van der Waals surface area contributed by atoms with Crippen LogP contribution in [0.15, 0.2) is 42.5 Å². The van der Waals surface area contributed by atoms with Crippen molar-refractivity contribution in [1.29, 1.82) is 0 Å². The number of anilines is 2. The van der Waals surface area contributed by atoms with Gasteiger partial charge < -0.3 is 20.3 Å². The van der Waals surface area contributed by atoms with Crippen LogP contribution in [-0.4, -0.2) is 49.7 Å². The number of hydrogen-bond acceptors (Lipinski definition) is 6. The number of ether oxygens (including phenoxy) is 1. The average molecular weight is 393 g/mol. The first-order chi connectivity index (χ1) is 14.0. The number of carbonyl (C=O) groups is 1. The first kappa shape index (κ1) is 20.4. The van der Waals surface area contributed by atoms with E-state index in [0.717, 1.165) is 22.4 Å². The number of aryl methyl sites for hydroxylation is 1. The number of fused-ring (bicyclic) bond motifs is 1. The van der Waals surface area contributed by atoms with Crippen molar-refractivity contribution in [1.82, 2.24) is 15.3 Å². The first-order valence-corrected chi connectivity index (χ1v) is 9.69. The molecule has 3 rings (SSSR count). The molecule has 1 amide bonds. The topological polar surface area (TPSA) is 79.4 Å². The summed E-state index contributed by atoms with van der Waals surface area (Å²) in [6, 6.07) is 13.5. The van der Waals surface area contributed by atoms with Crippen LogP contribution < -0.4 is 20.3 Å². The third-order valence-corrected chi connectivity index (χ3v) is 4.42. The number of aromatic nitrogens is 2. The predicted molar refractivity (Wildman–Crippen MR) is 117 cm³/mol. The van der Waals surface area contributed by atoms with Gasteiger partial charge in [-0.25, -0.2) is 9.97 Å². The van der Waals surface area contributed by atoms with Crippen LogP contribution in [0.1, 0.15) is 23.1 Å². The lowest BCUT2D eigenvalue weighted by molar-refractivity contribution is 0.0953. The van der Waals surface area contributed by atoms with Crippen LogP contribution >= 0.6 is 0 Å². The minimum Gasteiger partial charge on any atom is -0.493 e. The van der Waals surface area contributed by atoms with E-state index in [1.54, 1.807) is 0 Å². The van der Waals surface area contributed by atoms with Crippen molar-refractivity contribution in [2.24, 2.45) is 0 Å². The van der Waals surface area contributed by atoms with Gasteiger partial charge in [-0.3, -0.25) is 4.79 Å². The SMILES string of the molecule is CCOc1ccc2ccccc2c1C(=O)NCCNc1cc(N(C)C)nc(C)n1. The molecule has 0 saturated carbocycles. The van der Waals surface area contributed by atoms with Gasteiger partial charge in [0.15, 0.2) is 0 Å². The van der Waals surface area contributed by atoms with Crippen molar-refractivity contribution in [2.75, 3.05) is 44.0 Å². The highest BCUT2D eigenvalue weighted by molar-refractivity contribution is 6.09. The van der Waals surface area contributed by atoms with E-state index in [1.165, 1.54) is 0 Å². The smallest absolute Gasteiger partial charge is 0.255 e. The Morgan fingerprint density at radius 3 is 2.66 bits per heavy atom. The van der Waals surface area contributed by atoms with Gasteiger partial charge in [0.05, 0.1) is 12.2 Å². The quantitative estimate of drug-likeness (QED) is 0.572. The number of nitrogens with zero attached hydrogens (tertiary/aromatic N) is 3. The molecule has 7 heteroatoms. The zero-order valence-electron chi connectivity index (χ0n) is 17.3. The standard InChI is InChI=1S/C22H27N5O2/c1-5-29-18-11-10-16-8-6-7-9-17(16)21(18)22(28)24-13-12-23-19-14-20(27(3)4)26-15(2)25-19/h6-11,14H,5,12-13H2,1-4H3,(H,24,28)(H,23,25,26). The molecule has 7 nitrogen and oxygen atoms in total. The molecule has 0 aliphatic heterocycles. The summed E-state index contributed by atoms with van der Waals surface area (Å²) >= 11 is 0. The average Bonchev–Trinajstić information content (AvgIpc) is 2.70. The summed E-state index contributed by atoms with van der Waals surface area (Å²) in [6.07, 6.45) is 0. The number of rotatable bonds is 8.